The zero-order valence-electron chi connectivity index (χ0n) is 17.5. The molecule has 3 heterocycles. The summed E-state index contributed by atoms with van der Waals surface area (Å²) < 4.78 is 43.4. The van der Waals surface area contributed by atoms with E-state index in [1.807, 2.05) is 0 Å². The monoisotopic (exact) mass is 450 g/mol. The Kier molecular flexibility index (Phi) is 5.24. The number of halogens is 1. The van der Waals surface area contributed by atoms with Crippen LogP contribution in [-0.4, -0.2) is 33.5 Å². The van der Waals surface area contributed by atoms with E-state index in [0.29, 0.717) is 22.3 Å². The van der Waals surface area contributed by atoms with Crippen LogP contribution in [-0.2, 0) is 10.0 Å². The lowest BCUT2D eigenvalue weighted by Gasteiger charge is -2.20. The van der Waals surface area contributed by atoms with E-state index in [-0.39, 0.29) is 16.4 Å². The van der Waals surface area contributed by atoms with Crippen LogP contribution in [0.15, 0.2) is 59.9 Å². The summed E-state index contributed by atoms with van der Waals surface area (Å²) in [6.45, 7) is 5.22. The molecule has 10 heteroatoms. The van der Waals surface area contributed by atoms with Gasteiger partial charge in [-0.15, -0.1) is 0 Å². The van der Waals surface area contributed by atoms with Gasteiger partial charge in [-0.2, -0.15) is 5.26 Å². The average molecular weight is 450 g/mol. The maximum absolute atomic E-state index is 14.0. The first-order chi connectivity index (χ1) is 15.1. The third kappa shape index (κ3) is 3.95. The number of hydrogen-bond acceptors (Lipinski definition) is 6. The van der Waals surface area contributed by atoms with Crippen LogP contribution < -0.4 is 4.72 Å². The normalized spacial score (nSPS) is 12.1. The predicted octanol–water partition coefficient (Wildman–Crippen LogP) is 3.57. The quantitative estimate of drug-likeness (QED) is 0.508. The van der Waals surface area contributed by atoms with Crippen molar-refractivity contribution in [3.05, 3.63) is 66.4 Å². The van der Waals surface area contributed by atoms with Gasteiger partial charge in [0, 0.05) is 29.5 Å². The van der Waals surface area contributed by atoms with Crippen molar-refractivity contribution in [3.63, 3.8) is 0 Å². The Hall–Kier alpha value is -3.68. The van der Waals surface area contributed by atoms with Crippen LogP contribution in [0, 0.1) is 17.1 Å². The van der Waals surface area contributed by atoms with Crippen molar-refractivity contribution in [1.29, 1.82) is 5.26 Å². The first-order valence-electron chi connectivity index (χ1n) is 9.62. The predicted molar refractivity (Wildman–Crippen MR) is 117 cm³/mol. The number of hydrogen-bond donors (Lipinski definition) is 1. The van der Waals surface area contributed by atoms with Gasteiger partial charge in [0.25, 0.3) is 0 Å². The molecule has 0 unspecified atom stereocenters. The fourth-order valence-corrected chi connectivity index (χ4v) is 4.74. The summed E-state index contributed by atoms with van der Waals surface area (Å²) in [6.07, 6.45) is 4.32. The molecule has 0 atom stereocenters. The minimum atomic E-state index is -3.78. The molecule has 0 saturated heterocycles. The van der Waals surface area contributed by atoms with Gasteiger partial charge in [-0.3, -0.25) is 9.55 Å². The maximum atomic E-state index is 14.0. The molecule has 0 spiro atoms. The Balaban J connectivity index is 1.94. The van der Waals surface area contributed by atoms with E-state index < -0.39 is 21.4 Å². The molecule has 4 aromatic rings. The summed E-state index contributed by atoms with van der Waals surface area (Å²) >= 11 is 0. The second kappa shape index (κ2) is 7.78. The van der Waals surface area contributed by atoms with Crippen LogP contribution in [0.4, 0.5) is 4.39 Å². The van der Waals surface area contributed by atoms with Gasteiger partial charge in [-0.1, -0.05) is 0 Å². The zero-order chi connectivity index (χ0) is 23.1. The second-order valence-electron chi connectivity index (χ2n) is 8.12. The van der Waals surface area contributed by atoms with Crippen LogP contribution in [0.1, 0.15) is 26.3 Å². The van der Waals surface area contributed by atoms with Crippen molar-refractivity contribution in [2.75, 3.05) is 0 Å². The van der Waals surface area contributed by atoms with E-state index >= 15 is 0 Å². The van der Waals surface area contributed by atoms with Crippen molar-refractivity contribution in [1.82, 2.24) is 24.2 Å². The third-order valence-electron chi connectivity index (χ3n) is 4.52. The molecule has 0 saturated carbocycles. The molecular weight excluding hydrogens is 431 g/mol. The fourth-order valence-electron chi connectivity index (χ4n) is 3.37. The molecule has 0 aliphatic carbocycles. The molecule has 0 amide bonds. The Morgan fingerprint density at radius 1 is 1.09 bits per heavy atom. The van der Waals surface area contributed by atoms with E-state index in [4.69, 9.17) is 0 Å². The van der Waals surface area contributed by atoms with Gasteiger partial charge in [0.2, 0.25) is 16.0 Å². The highest BCUT2D eigenvalue weighted by Gasteiger charge is 2.25. The maximum Gasteiger partial charge on any atom is 0.242 e. The smallest absolute Gasteiger partial charge is 0.242 e. The van der Waals surface area contributed by atoms with E-state index in [9.17, 15) is 18.1 Å². The van der Waals surface area contributed by atoms with Crippen molar-refractivity contribution in [2.24, 2.45) is 0 Å². The largest absolute Gasteiger partial charge is 0.275 e. The summed E-state index contributed by atoms with van der Waals surface area (Å²) in [5.74, 6) is -0.220. The molecule has 32 heavy (non-hydrogen) atoms. The number of sulfonamides is 1. The average Bonchev–Trinajstić information content (AvgIpc) is 3.06. The summed E-state index contributed by atoms with van der Waals surface area (Å²) in [5.41, 5.74) is 0.708. The summed E-state index contributed by atoms with van der Waals surface area (Å²) in [6, 6.07) is 10.8. The molecule has 8 nitrogen and oxygen atoms in total. The van der Waals surface area contributed by atoms with Gasteiger partial charge in [-0.05, 0) is 57.2 Å². The van der Waals surface area contributed by atoms with E-state index in [1.54, 1.807) is 43.8 Å². The highest BCUT2D eigenvalue weighted by atomic mass is 32.2. The lowest BCUT2D eigenvalue weighted by Crippen LogP contribution is -2.40. The third-order valence-corrected chi connectivity index (χ3v) is 6.27. The van der Waals surface area contributed by atoms with E-state index in [0.717, 1.165) is 0 Å². The number of nitrogens with zero attached hydrogens (tertiary/aromatic N) is 5. The van der Waals surface area contributed by atoms with Gasteiger partial charge >= 0.3 is 0 Å². The number of aromatic nitrogens is 4. The Morgan fingerprint density at radius 2 is 1.81 bits per heavy atom. The van der Waals surface area contributed by atoms with Crippen LogP contribution >= 0.6 is 0 Å². The summed E-state index contributed by atoms with van der Waals surface area (Å²) in [7, 11) is -3.78. The first-order valence-corrected chi connectivity index (χ1v) is 11.1. The van der Waals surface area contributed by atoms with Crippen LogP contribution in [0.2, 0.25) is 0 Å². The first kappa shape index (κ1) is 21.5. The highest BCUT2D eigenvalue weighted by molar-refractivity contribution is 7.89. The van der Waals surface area contributed by atoms with Gasteiger partial charge in [0.05, 0.1) is 22.5 Å². The SMILES string of the molecule is CC(C)(C)NS(=O)(=O)c1ccc(-c2c(C#N)c3cc(F)ccc3n2-c2ncccn2)nc1. The molecule has 162 valence electrons. The minimum absolute atomic E-state index is 0.0145. The van der Waals surface area contributed by atoms with Crippen LogP contribution in [0.3, 0.4) is 0 Å². The molecule has 3 aromatic heterocycles. The van der Waals surface area contributed by atoms with Crippen molar-refractivity contribution in [2.45, 2.75) is 31.2 Å². The van der Waals surface area contributed by atoms with E-state index in [1.165, 1.54) is 36.5 Å². The van der Waals surface area contributed by atoms with Crippen molar-refractivity contribution in [3.8, 4) is 23.4 Å². The Labute approximate surface area is 184 Å². The second-order valence-corrected chi connectivity index (χ2v) is 9.80. The molecule has 0 aliphatic heterocycles. The minimum Gasteiger partial charge on any atom is -0.275 e. The molecule has 1 aromatic carbocycles. The molecule has 1 N–H and O–H groups in total. The van der Waals surface area contributed by atoms with Crippen LogP contribution in [0.25, 0.3) is 28.2 Å². The molecule has 0 aliphatic rings. The number of pyridine rings is 1. The molecule has 0 bridgehead atoms. The standard InChI is InChI=1S/C22H19FN6O2S/c1-22(2,3)28-32(30,31)15-6-7-18(27-13-15)20-17(12-24)16-11-14(23)5-8-19(16)29(20)21-25-9-4-10-26-21/h4-11,13,28H,1-3H3. The summed E-state index contributed by atoms with van der Waals surface area (Å²) in [4.78, 5) is 12.8. The summed E-state index contributed by atoms with van der Waals surface area (Å²) in [5, 5.41) is 10.3. The Bertz CT molecular complexity index is 1450. The van der Waals surface area contributed by atoms with Gasteiger partial charge in [-0.25, -0.2) is 27.5 Å². The number of nitrogens with one attached hydrogen (secondary N) is 1. The lowest BCUT2D eigenvalue weighted by molar-refractivity contribution is 0.491. The van der Waals surface area contributed by atoms with Crippen LogP contribution in [0.5, 0.6) is 0 Å². The lowest BCUT2D eigenvalue weighted by atomic mass is 10.1. The fraction of sp³-hybridized carbons (Fsp3) is 0.182. The molecule has 0 fully saturated rings. The number of nitriles is 1. The van der Waals surface area contributed by atoms with Crippen molar-refractivity contribution >= 4 is 20.9 Å². The van der Waals surface area contributed by atoms with Gasteiger partial charge in [0.15, 0.2) is 0 Å². The van der Waals surface area contributed by atoms with Crippen molar-refractivity contribution < 1.29 is 12.8 Å². The topological polar surface area (TPSA) is 114 Å². The molecular formula is C22H19FN6O2S. The number of fused-ring (bicyclic) bond motifs is 1. The number of rotatable bonds is 4. The number of benzene rings is 1. The molecule has 0 radical (unpaired) electrons. The van der Waals surface area contributed by atoms with Gasteiger partial charge < -0.3 is 0 Å². The molecule has 4 rings (SSSR count). The van der Waals surface area contributed by atoms with Gasteiger partial charge in [0.1, 0.15) is 16.8 Å². The highest BCUT2D eigenvalue weighted by Crippen LogP contribution is 2.35. The zero-order valence-corrected chi connectivity index (χ0v) is 18.4. The Morgan fingerprint density at radius 3 is 2.41 bits per heavy atom. The van der Waals surface area contributed by atoms with E-state index in [2.05, 4.69) is 25.7 Å².